The first-order valence-electron chi connectivity index (χ1n) is 11.4. The third kappa shape index (κ3) is 5.83. The number of benzene rings is 3. The Morgan fingerprint density at radius 1 is 1.05 bits per heavy atom. The molecule has 200 valence electrons. The fraction of sp³-hybridized carbons (Fsp3) is 0.222. The number of rotatable bonds is 8. The van der Waals surface area contributed by atoms with Crippen molar-refractivity contribution >= 4 is 34.3 Å². The molecule has 0 bridgehead atoms. The molecule has 1 aromatic heterocycles. The molecule has 3 aromatic carbocycles. The van der Waals surface area contributed by atoms with E-state index < -0.39 is 34.9 Å². The van der Waals surface area contributed by atoms with Gasteiger partial charge in [0.2, 0.25) is 0 Å². The standard InChI is InChI=1S/C27H24Cl2F2N2O4S/c1-27(2,35)25-13-33(26(32-25)11-16-4-6-18(30)12-20(16)28)23-7-5-15(8-21(23)29)17-9-22(31)19(14-34)24(10-17)38(36)37-3/h4-10,12-13,34-35H,11,14H2,1-3H3. The summed E-state index contributed by atoms with van der Waals surface area (Å²) in [5.41, 5.74) is 1.10. The average molecular weight is 581 g/mol. The fourth-order valence-corrected chi connectivity index (χ4v) is 5.21. The van der Waals surface area contributed by atoms with Crippen LogP contribution in [0.3, 0.4) is 0 Å². The van der Waals surface area contributed by atoms with E-state index in [-0.39, 0.29) is 26.9 Å². The molecule has 0 saturated heterocycles. The van der Waals surface area contributed by atoms with Gasteiger partial charge in [0.25, 0.3) is 0 Å². The van der Waals surface area contributed by atoms with Crippen LogP contribution in [-0.2, 0) is 33.9 Å². The second kappa shape index (κ2) is 11.2. The zero-order valence-electron chi connectivity index (χ0n) is 20.6. The van der Waals surface area contributed by atoms with Crippen molar-refractivity contribution in [2.24, 2.45) is 0 Å². The highest BCUT2D eigenvalue weighted by Crippen LogP contribution is 2.33. The molecule has 0 spiro atoms. The van der Waals surface area contributed by atoms with Gasteiger partial charge in [-0.25, -0.2) is 18.0 Å². The van der Waals surface area contributed by atoms with E-state index >= 15 is 0 Å². The fourth-order valence-electron chi connectivity index (χ4n) is 3.93. The van der Waals surface area contributed by atoms with Crippen LogP contribution < -0.4 is 0 Å². The Balaban J connectivity index is 1.80. The summed E-state index contributed by atoms with van der Waals surface area (Å²) in [5, 5.41) is 20.6. The molecule has 1 unspecified atom stereocenters. The molecule has 38 heavy (non-hydrogen) atoms. The number of halogens is 4. The van der Waals surface area contributed by atoms with E-state index in [1.54, 1.807) is 48.9 Å². The van der Waals surface area contributed by atoms with Crippen molar-refractivity contribution < 1.29 is 27.4 Å². The third-order valence-corrected chi connectivity index (χ3v) is 7.63. The molecule has 1 atom stereocenters. The van der Waals surface area contributed by atoms with Gasteiger partial charge >= 0.3 is 0 Å². The van der Waals surface area contributed by atoms with Crippen molar-refractivity contribution in [1.82, 2.24) is 9.55 Å². The normalized spacial score (nSPS) is 12.7. The van der Waals surface area contributed by atoms with Crippen LogP contribution in [0.25, 0.3) is 16.8 Å². The molecule has 0 amide bonds. The Kier molecular flexibility index (Phi) is 8.37. The van der Waals surface area contributed by atoms with Crippen molar-refractivity contribution in [3.63, 3.8) is 0 Å². The highest BCUT2D eigenvalue weighted by molar-refractivity contribution is 7.80. The minimum absolute atomic E-state index is 0.0214. The van der Waals surface area contributed by atoms with Crippen LogP contribution in [-0.4, -0.2) is 31.1 Å². The van der Waals surface area contributed by atoms with Crippen molar-refractivity contribution in [3.05, 3.63) is 99.1 Å². The number of aliphatic hydroxyl groups excluding tert-OH is 1. The van der Waals surface area contributed by atoms with Gasteiger partial charge in [-0.3, -0.25) is 4.18 Å². The SMILES string of the molecule is COS(=O)c1cc(-c2ccc(-n3cc(C(C)(C)O)nc3Cc3ccc(F)cc3Cl)c(Cl)c2)cc(F)c1CO. The Morgan fingerprint density at radius 3 is 2.39 bits per heavy atom. The molecular formula is C27H24Cl2F2N2O4S. The largest absolute Gasteiger partial charge is 0.392 e. The van der Waals surface area contributed by atoms with Crippen molar-refractivity contribution in [3.8, 4) is 16.8 Å². The van der Waals surface area contributed by atoms with Crippen molar-refractivity contribution in [1.29, 1.82) is 0 Å². The number of aromatic nitrogens is 2. The number of aliphatic hydroxyl groups is 2. The second-order valence-corrected chi connectivity index (χ2v) is 11.1. The van der Waals surface area contributed by atoms with Crippen LogP contribution in [0.4, 0.5) is 8.78 Å². The quantitative estimate of drug-likeness (QED) is 0.263. The predicted molar refractivity (Wildman–Crippen MR) is 143 cm³/mol. The van der Waals surface area contributed by atoms with E-state index in [1.807, 2.05) is 0 Å². The number of imidazole rings is 1. The van der Waals surface area contributed by atoms with E-state index in [4.69, 9.17) is 27.4 Å². The maximum Gasteiger partial charge on any atom is 0.189 e. The highest BCUT2D eigenvalue weighted by Gasteiger charge is 2.24. The smallest absolute Gasteiger partial charge is 0.189 e. The Hall–Kier alpha value is -2.66. The summed E-state index contributed by atoms with van der Waals surface area (Å²) in [7, 11) is 1.22. The van der Waals surface area contributed by atoms with Crippen molar-refractivity contribution in [2.75, 3.05) is 7.11 Å². The number of hydrogen-bond donors (Lipinski definition) is 2. The Labute approximate surface area is 231 Å². The van der Waals surface area contributed by atoms with E-state index in [0.717, 1.165) is 0 Å². The number of nitrogens with zero attached hydrogens (tertiary/aromatic N) is 2. The van der Waals surface area contributed by atoms with Gasteiger partial charge in [0.15, 0.2) is 11.1 Å². The molecule has 2 N–H and O–H groups in total. The van der Waals surface area contributed by atoms with E-state index in [9.17, 15) is 23.2 Å². The predicted octanol–water partition coefficient (Wildman–Crippen LogP) is 6.10. The molecule has 1 heterocycles. The van der Waals surface area contributed by atoms with Gasteiger partial charge in [-0.05, 0) is 66.9 Å². The molecule has 0 fully saturated rings. The zero-order valence-corrected chi connectivity index (χ0v) is 23.0. The molecule has 6 nitrogen and oxygen atoms in total. The Morgan fingerprint density at radius 2 is 1.79 bits per heavy atom. The van der Waals surface area contributed by atoms with Gasteiger partial charge < -0.3 is 14.8 Å². The lowest BCUT2D eigenvalue weighted by molar-refractivity contribution is 0.0741. The highest BCUT2D eigenvalue weighted by atomic mass is 35.5. The molecular weight excluding hydrogens is 557 g/mol. The average Bonchev–Trinajstić information content (AvgIpc) is 3.28. The summed E-state index contributed by atoms with van der Waals surface area (Å²) >= 11 is 11.0. The summed E-state index contributed by atoms with van der Waals surface area (Å²) in [6.07, 6.45) is 1.89. The first-order valence-corrected chi connectivity index (χ1v) is 13.2. The summed E-state index contributed by atoms with van der Waals surface area (Å²) < 4.78 is 47.1. The van der Waals surface area contributed by atoms with Gasteiger partial charge in [0, 0.05) is 23.2 Å². The maximum atomic E-state index is 14.7. The molecule has 4 rings (SSSR count). The summed E-state index contributed by atoms with van der Waals surface area (Å²) in [4.78, 5) is 4.61. The Bertz CT molecular complexity index is 1540. The minimum Gasteiger partial charge on any atom is -0.392 e. The molecule has 0 radical (unpaired) electrons. The van der Waals surface area contributed by atoms with Gasteiger partial charge in [-0.1, -0.05) is 35.3 Å². The first-order chi connectivity index (χ1) is 17.9. The van der Waals surface area contributed by atoms with Gasteiger partial charge in [-0.2, -0.15) is 0 Å². The summed E-state index contributed by atoms with van der Waals surface area (Å²) in [5.74, 6) is -0.686. The van der Waals surface area contributed by atoms with Crippen LogP contribution in [0.2, 0.25) is 10.0 Å². The van der Waals surface area contributed by atoms with E-state index in [0.29, 0.717) is 33.9 Å². The van der Waals surface area contributed by atoms with Crippen LogP contribution in [0, 0.1) is 11.6 Å². The van der Waals surface area contributed by atoms with Gasteiger partial charge in [-0.15, -0.1) is 0 Å². The minimum atomic E-state index is -1.97. The summed E-state index contributed by atoms with van der Waals surface area (Å²) in [6.45, 7) is 2.57. The lowest BCUT2D eigenvalue weighted by atomic mass is 10.0. The topological polar surface area (TPSA) is 84.6 Å². The number of hydrogen-bond acceptors (Lipinski definition) is 5. The first kappa shape index (κ1) is 28.4. The van der Waals surface area contributed by atoms with E-state index in [2.05, 4.69) is 4.98 Å². The van der Waals surface area contributed by atoms with Gasteiger partial charge in [0.05, 0.1) is 35.0 Å². The lowest BCUT2D eigenvalue weighted by Gasteiger charge is -2.14. The third-order valence-electron chi connectivity index (χ3n) is 5.95. The van der Waals surface area contributed by atoms with Crippen LogP contribution in [0.5, 0.6) is 0 Å². The maximum absolute atomic E-state index is 14.7. The lowest BCUT2D eigenvalue weighted by Crippen LogP contribution is -2.15. The zero-order chi connectivity index (χ0) is 27.8. The van der Waals surface area contributed by atoms with Crippen LogP contribution >= 0.6 is 23.2 Å². The molecule has 0 saturated carbocycles. The molecule has 4 aromatic rings. The molecule has 0 aliphatic carbocycles. The van der Waals surface area contributed by atoms with Crippen LogP contribution in [0.15, 0.2) is 59.6 Å². The summed E-state index contributed by atoms with van der Waals surface area (Å²) in [6, 6.07) is 11.8. The monoisotopic (exact) mass is 580 g/mol. The molecule has 0 aliphatic rings. The van der Waals surface area contributed by atoms with Gasteiger partial charge in [0.1, 0.15) is 23.1 Å². The van der Waals surface area contributed by atoms with Crippen LogP contribution in [0.1, 0.15) is 36.5 Å². The molecule has 11 heteroatoms. The van der Waals surface area contributed by atoms with E-state index in [1.165, 1.54) is 31.4 Å². The van der Waals surface area contributed by atoms with Crippen molar-refractivity contribution in [2.45, 2.75) is 37.4 Å². The second-order valence-electron chi connectivity index (χ2n) is 9.04. The molecule has 0 aliphatic heterocycles.